The number of rotatable bonds is 16. The Labute approximate surface area is 225 Å². The number of nitrogens with zero attached hydrogens (tertiary/aromatic N) is 2. The Hall–Kier alpha value is -1.92. The summed E-state index contributed by atoms with van der Waals surface area (Å²) in [6.07, 6.45) is 6.32. The first kappa shape index (κ1) is 33.1. The van der Waals surface area contributed by atoms with Crippen molar-refractivity contribution in [2.75, 3.05) is 92.6 Å². The third-order valence-corrected chi connectivity index (χ3v) is 6.17. The average Bonchev–Trinajstić information content (AvgIpc) is 2.86. The van der Waals surface area contributed by atoms with E-state index in [4.69, 9.17) is 5.73 Å². The normalized spacial score (nSPS) is 17.5. The van der Waals surface area contributed by atoms with Gasteiger partial charge in [0, 0.05) is 72.2 Å². The topological polar surface area (TPSA) is 139 Å². The van der Waals surface area contributed by atoms with Crippen LogP contribution in [0.15, 0.2) is 11.9 Å². The summed E-state index contributed by atoms with van der Waals surface area (Å²) in [5.74, 6) is 0.958. The van der Waals surface area contributed by atoms with Crippen molar-refractivity contribution in [1.82, 2.24) is 41.7 Å². The highest BCUT2D eigenvalue weighted by Gasteiger charge is 2.16. The van der Waals surface area contributed by atoms with Crippen LogP contribution in [0.3, 0.4) is 0 Å². The molecule has 1 heterocycles. The van der Waals surface area contributed by atoms with E-state index in [1.165, 1.54) is 0 Å². The van der Waals surface area contributed by atoms with Crippen LogP contribution in [0.1, 0.15) is 45.4 Å². The minimum atomic E-state index is -0.152. The zero-order chi connectivity index (χ0) is 27.1. The summed E-state index contributed by atoms with van der Waals surface area (Å²) in [5, 5.41) is 20.0. The molecule has 1 saturated heterocycles. The number of hydrogen-bond acceptors (Lipinski definition) is 9. The Morgan fingerprint density at radius 2 is 1.81 bits per heavy atom. The molecule has 11 heteroatoms. The van der Waals surface area contributed by atoms with Crippen molar-refractivity contribution in [3.05, 3.63) is 11.9 Å². The Bertz CT molecular complexity index is 633. The van der Waals surface area contributed by atoms with E-state index in [0.717, 1.165) is 84.0 Å². The molecular weight excluding hydrogens is 470 g/mol. The van der Waals surface area contributed by atoms with Gasteiger partial charge in [0.1, 0.15) is 0 Å². The second kappa shape index (κ2) is 22.1. The maximum Gasteiger partial charge on any atom is 0.220 e. The molecular formula is C26H55N9O2. The first-order valence-corrected chi connectivity index (χ1v) is 14.2. The summed E-state index contributed by atoms with van der Waals surface area (Å²) in [7, 11) is 4.17. The second-order valence-corrected chi connectivity index (χ2v) is 9.79. The van der Waals surface area contributed by atoms with Crippen LogP contribution in [0.25, 0.3) is 0 Å². The van der Waals surface area contributed by atoms with Crippen molar-refractivity contribution in [3.63, 3.8) is 0 Å². The van der Waals surface area contributed by atoms with E-state index >= 15 is 0 Å². The summed E-state index contributed by atoms with van der Waals surface area (Å²) in [4.78, 5) is 29.2. The predicted molar refractivity (Wildman–Crippen MR) is 152 cm³/mol. The number of likely N-dealkylation sites (N-methyl/N-ethyl adjacent to an activating group) is 2. The smallest absolute Gasteiger partial charge is 0.220 e. The lowest BCUT2D eigenvalue weighted by molar-refractivity contribution is -0.122. The number of carbonyl (C=O) groups is 2. The Morgan fingerprint density at radius 3 is 2.57 bits per heavy atom. The highest BCUT2D eigenvalue weighted by Crippen LogP contribution is 2.04. The van der Waals surface area contributed by atoms with Gasteiger partial charge in [-0.05, 0) is 65.0 Å². The van der Waals surface area contributed by atoms with E-state index in [9.17, 15) is 9.59 Å². The van der Waals surface area contributed by atoms with Crippen LogP contribution in [0.4, 0.5) is 0 Å². The van der Waals surface area contributed by atoms with Gasteiger partial charge in [-0.3, -0.25) is 9.59 Å². The monoisotopic (exact) mass is 525 g/mol. The van der Waals surface area contributed by atoms with Crippen molar-refractivity contribution < 1.29 is 9.59 Å². The Kier molecular flexibility index (Phi) is 19.8. The van der Waals surface area contributed by atoms with Crippen LogP contribution < -0.4 is 37.6 Å². The van der Waals surface area contributed by atoms with Gasteiger partial charge in [0.05, 0.1) is 11.9 Å². The molecule has 1 unspecified atom stereocenters. The molecule has 0 aliphatic carbocycles. The maximum absolute atomic E-state index is 12.8. The van der Waals surface area contributed by atoms with Gasteiger partial charge < -0.3 is 47.4 Å². The van der Waals surface area contributed by atoms with Crippen LogP contribution in [-0.2, 0) is 9.59 Å². The van der Waals surface area contributed by atoms with Crippen LogP contribution in [0.5, 0.6) is 0 Å². The fraction of sp³-hybridized carbons (Fsp3) is 0.846. The molecule has 2 amide bonds. The molecule has 1 aliphatic heterocycles. The summed E-state index contributed by atoms with van der Waals surface area (Å²) in [6.45, 7) is 12.3. The molecule has 1 rings (SSSR count). The van der Waals surface area contributed by atoms with Crippen LogP contribution >= 0.6 is 0 Å². The average molecular weight is 526 g/mol. The van der Waals surface area contributed by atoms with Crippen molar-refractivity contribution >= 4 is 11.8 Å². The number of carbonyl (C=O) groups excluding carboxylic acids is 2. The van der Waals surface area contributed by atoms with E-state index in [2.05, 4.69) is 68.8 Å². The molecule has 0 spiro atoms. The molecule has 0 aromatic heterocycles. The summed E-state index contributed by atoms with van der Waals surface area (Å²) < 4.78 is 0. The van der Waals surface area contributed by atoms with E-state index in [0.29, 0.717) is 38.9 Å². The van der Waals surface area contributed by atoms with Crippen LogP contribution in [0.2, 0.25) is 0 Å². The van der Waals surface area contributed by atoms with Gasteiger partial charge in [0.15, 0.2) is 0 Å². The summed E-state index contributed by atoms with van der Waals surface area (Å²) >= 11 is 0. The number of nitrogens with two attached hydrogens (primary N) is 1. The van der Waals surface area contributed by atoms with Gasteiger partial charge in [0.25, 0.3) is 0 Å². The van der Waals surface area contributed by atoms with Crippen molar-refractivity contribution in [2.45, 2.75) is 51.5 Å². The van der Waals surface area contributed by atoms with E-state index in [-0.39, 0.29) is 17.9 Å². The summed E-state index contributed by atoms with van der Waals surface area (Å²) in [6, 6.07) is -0.152. The molecule has 1 aliphatic rings. The van der Waals surface area contributed by atoms with Gasteiger partial charge >= 0.3 is 0 Å². The minimum Gasteiger partial charge on any atom is -0.371 e. The molecule has 0 bridgehead atoms. The lowest BCUT2D eigenvalue weighted by Gasteiger charge is -2.28. The largest absolute Gasteiger partial charge is 0.371 e. The zero-order valence-corrected chi connectivity index (χ0v) is 23.7. The van der Waals surface area contributed by atoms with Crippen molar-refractivity contribution in [1.29, 1.82) is 0 Å². The Balaban J connectivity index is 2.77. The maximum atomic E-state index is 12.8. The molecule has 11 nitrogen and oxygen atoms in total. The van der Waals surface area contributed by atoms with E-state index < -0.39 is 0 Å². The zero-order valence-electron chi connectivity index (χ0n) is 23.7. The van der Waals surface area contributed by atoms with Gasteiger partial charge in [-0.2, -0.15) is 0 Å². The van der Waals surface area contributed by atoms with E-state index in [1.807, 2.05) is 0 Å². The lowest BCUT2D eigenvalue weighted by atomic mass is 10.2. The number of amides is 2. The van der Waals surface area contributed by atoms with Crippen LogP contribution in [0, 0.1) is 0 Å². The molecule has 0 saturated carbocycles. The predicted octanol–water partition coefficient (Wildman–Crippen LogP) is -1.02. The molecule has 37 heavy (non-hydrogen) atoms. The molecule has 1 atom stereocenters. The van der Waals surface area contributed by atoms with Gasteiger partial charge in [0.2, 0.25) is 11.8 Å². The second-order valence-electron chi connectivity index (χ2n) is 9.79. The highest BCUT2D eigenvalue weighted by atomic mass is 16.2. The lowest BCUT2D eigenvalue weighted by Crippen LogP contribution is -2.45. The molecule has 1 fully saturated rings. The SMILES string of the molecule is CCCNCCN(C)CC(/C=C1\NCCNCCCNCCN1C)NC(=O)CCCC(=O)NCCCN. The fourth-order valence-corrected chi connectivity index (χ4v) is 3.99. The number of hydrogen-bond donors (Lipinski definition) is 7. The first-order valence-electron chi connectivity index (χ1n) is 14.2. The standard InChI is InChI=1S/C26H55N9O2/c1-4-11-28-17-19-34(2)22-23(33-26(37)9-5-8-25(36)32-14-6-10-27)21-24-31-16-15-29-12-7-13-30-18-20-35(24)3/h21,23,28-31H,4-20,22,27H2,1-3H3,(H,32,36)(H,33,37)/b24-21+. The molecule has 0 aromatic rings. The molecule has 0 radical (unpaired) electrons. The minimum absolute atomic E-state index is 0.0273. The third kappa shape index (κ3) is 18.1. The van der Waals surface area contributed by atoms with E-state index in [1.54, 1.807) is 0 Å². The van der Waals surface area contributed by atoms with Gasteiger partial charge in [-0.25, -0.2) is 0 Å². The van der Waals surface area contributed by atoms with Crippen molar-refractivity contribution in [3.8, 4) is 0 Å². The third-order valence-electron chi connectivity index (χ3n) is 6.17. The molecule has 216 valence electrons. The quantitative estimate of drug-likeness (QED) is 0.126. The molecule has 8 N–H and O–H groups in total. The van der Waals surface area contributed by atoms with Gasteiger partial charge in [-0.15, -0.1) is 0 Å². The Morgan fingerprint density at radius 1 is 1.05 bits per heavy atom. The number of nitrogens with one attached hydrogen (secondary N) is 6. The highest BCUT2D eigenvalue weighted by molar-refractivity contribution is 5.79. The van der Waals surface area contributed by atoms with Crippen LogP contribution in [-0.4, -0.2) is 120 Å². The van der Waals surface area contributed by atoms with Gasteiger partial charge in [-0.1, -0.05) is 6.92 Å². The van der Waals surface area contributed by atoms with Crippen molar-refractivity contribution in [2.24, 2.45) is 5.73 Å². The first-order chi connectivity index (χ1) is 18.0. The fourth-order valence-electron chi connectivity index (χ4n) is 3.99. The summed E-state index contributed by atoms with van der Waals surface area (Å²) in [5.41, 5.74) is 5.47. The molecule has 0 aromatic carbocycles.